The number of hydrogen-bond acceptors (Lipinski definition) is 4. The molecule has 0 aliphatic rings. The van der Waals surface area contributed by atoms with Gasteiger partial charge in [-0.1, -0.05) is 30.3 Å². The average molecular weight is 488 g/mol. The van der Waals surface area contributed by atoms with E-state index < -0.39 is 17.7 Å². The van der Waals surface area contributed by atoms with Crippen molar-refractivity contribution in [2.45, 2.75) is 36.6 Å². The molecule has 0 unspecified atom stereocenters. The molecule has 0 aliphatic carbocycles. The number of thiazole rings is 1. The van der Waals surface area contributed by atoms with Crippen LogP contribution in [-0.2, 0) is 23.1 Å². The van der Waals surface area contributed by atoms with E-state index in [9.17, 15) is 18.0 Å². The van der Waals surface area contributed by atoms with E-state index in [1.807, 2.05) is 37.3 Å². The number of carboxylic acid groups (broad SMARTS) is 1. The molecule has 4 aromatic rings. The highest BCUT2D eigenvalue weighted by Gasteiger charge is 2.30. The summed E-state index contributed by atoms with van der Waals surface area (Å²) in [6.45, 7) is 1.98. The Hall–Kier alpha value is -2.84. The first-order chi connectivity index (χ1) is 15.7. The van der Waals surface area contributed by atoms with Crippen molar-refractivity contribution >= 4 is 39.3 Å². The van der Waals surface area contributed by atoms with Gasteiger partial charge in [-0.3, -0.25) is 4.79 Å². The Morgan fingerprint density at radius 3 is 2.48 bits per heavy atom. The minimum Gasteiger partial charge on any atom is -0.481 e. The summed E-state index contributed by atoms with van der Waals surface area (Å²) in [6, 6.07) is 17.1. The predicted molar refractivity (Wildman–Crippen MR) is 127 cm³/mol. The summed E-state index contributed by atoms with van der Waals surface area (Å²) in [6.07, 6.45) is -3.74. The molecule has 4 rings (SSSR count). The Morgan fingerprint density at radius 2 is 1.82 bits per heavy atom. The number of aryl methyl sites for hydroxylation is 2. The quantitative estimate of drug-likeness (QED) is 0.273. The summed E-state index contributed by atoms with van der Waals surface area (Å²) >= 11 is 3.13. The molecular weight excluding hydrogens is 467 g/mol. The van der Waals surface area contributed by atoms with Crippen molar-refractivity contribution in [1.29, 1.82) is 0 Å². The van der Waals surface area contributed by atoms with E-state index in [1.165, 1.54) is 23.5 Å². The summed E-state index contributed by atoms with van der Waals surface area (Å²) in [5.74, 6) is -0.110. The van der Waals surface area contributed by atoms with Gasteiger partial charge >= 0.3 is 12.1 Å². The molecule has 0 radical (unpaired) electrons. The van der Waals surface area contributed by atoms with E-state index in [-0.39, 0.29) is 6.42 Å². The van der Waals surface area contributed by atoms with Gasteiger partial charge in [-0.2, -0.15) is 13.2 Å². The number of nitrogens with zero attached hydrogens (tertiary/aromatic N) is 1. The molecule has 0 spiro atoms. The first-order valence-electron chi connectivity index (χ1n) is 10.2. The number of halogens is 3. The SMILES string of the molecule is Cc1cc(SCc2cccc3sc(-c4ccc(C(F)(F)F)cc4)nc23)ccc1CCC(=O)O. The second-order valence-electron chi connectivity index (χ2n) is 7.63. The minimum atomic E-state index is -4.36. The van der Waals surface area contributed by atoms with E-state index in [1.54, 1.807) is 11.8 Å². The number of hydrogen-bond donors (Lipinski definition) is 1. The van der Waals surface area contributed by atoms with Crippen LogP contribution < -0.4 is 0 Å². The van der Waals surface area contributed by atoms with Crippen LogP contribution in [0.2, 0.25) is 0 Å². The molecule has 0 atom stereocenters. The number of fused-ring (bicyclic) bond motifs is 1. The standard InChI is InChI=1S/C25H20F3NO2S2/c1-15-13-20(11-7-16(15)8-12-22(30)31)32-14-18-3-2-4-21-23(18)29-24(33-21)17-5-9-19(10-6-17)25(26,27)28/h2-7,9-11,13H,8,12,14H2,1H3,(H,30,31). The Labute approximate surface area is 197 Å². The van der Waals surface area contributed by atoms with Crippen LogP contribution in [0.25, 0.3) is 20.8 Å². The van der Waals surface area contributed by atoms with Gasteiger partial charge in [-0.05, 0) is 60.4 Å². The topological polar surface area (TPSA) is 50.2 Å². The molecule has 0 amide bonds. The maximum atomic E-state index is 12.8. The number of aromatic nitrogens is 1. The fraction of sp³-hybridized carbons (Fsp3) is 0.200. The molecule has 0 aliphatic heterocycles. The van der Waals surface area contributed by atoms with Gasteiger partial charge in [0.2, 0.25) is 0 Å². The van der Waals surface area contributed by atoms with Crippen molar-refractivity contribution in [1.82, 2.24) is 4.98 Å². The third-order valence-corrected chi connectivity index (χ3v) is 7.39. The lowest BCUT2D eigenvalue weighted by molar-refractivity contribution is -0.138. The molecule has 1 heterocycles. The molecule has 0 fully saturated rings. The number of benzene rings is 3. The van der Waals surface area contributed by atoms with E-state index in [0.717, 1.165) is 43.9 Å². The lowest BCUT2D eigenvalue weighted by Gasteiger charge is -2.08. The van der Waals surface area contributed by atoms with Gasteiger partial charge in [0.05, 0.1) is 15.8 Å². The Morgan fingerprint density at radius 1 is 1.06 bits per heavy atom. The zero-order valence-corrected chi connectivity index (χ0v) is 19.3. The van der Waals surface area contributed by atoms with E-state index in [2.05, 4.69) is 6.07 Å². The molecule has 0 saturated heterocycles. The number of para-hydroxylation sites is 1. The van der Waals surface area contributed by atoms with Crippen molar-refractivity contribution < 1.29 is 23.1 Å². The summed E-state index contributed by atoms with van der Waals surface area (Å²) in [7, 11) is 0. The van der Waals surface area contributed by atoms with E-state index >= 15 is 0 Å². The summed E-state index contributed by atoms with van der Waals surface area (Å²) in [5, 5.41) is 9.57. The zero-order chi connectivity index (χ0) is 23.6. The van der Waals surface area contributed by atoms with Crippen molar-refractivity contribution in [2.75, 3.05) is 0 Å². The van der Waals surface area contributed by atoms with Crippen molar-refractivity contribution in [2.24, 2.45) is 0 Å². The van der Waals surface area contributed by atoms with Gasteiger partial charge in [0.15, 0.2) is 0 Å². The van der Waals surface area contributed by atoms with Crippen LogP contribution in [0.5, 0.6) is 0 Å². The van der Waals surface area contributed by atoms with Gasteiger partial charge in [-0.25, -0.2) is 4.98 Å². The number of thioether (sulfide) groups is 1. The number of carbonyl (C=O) groups is 1. The second-order valence-corrected chi connectivity index (χ2v) is 9.71. The predicted octanol–water partition coefficient (Wildman–Crippen LogP) is 7.60. The highest BCUT2D eigenvalue weighted by atomic mass is 32.2. The highest BCUT2D eigenvalue weighted by Crippen LogP contribution is 2.36. The van der Waals surface area contributed by atoms with Crippen LogP contribution in [0.3, 0.4) is 0 Å². The van der Waals surface area contributed by atoms with Crippen LogP contribution in [-0.4, -0.2) is 16.1 Å². The van der Waals surface area contributed by atoms with Gasteiger partial charge in [0.1, 0.15) is 5.01 Å². The van der Waals surface area contributed by atoms with Gasteiger partial charge in [0, 0.05) is 22.6 Å². The fourth-order valence-corrected chi connectivity index (χ4v) is 5.49. The van der Waals surface area contributed by atoms with Gasteiger partial charge in [-0.15, -0.1) is 23.1 Å². The smallest absolute Gasteiger partial charge is 0.416 e. The number of aliphatic carboxylic acids is 1. The van der Waals surface area contributed by atoms with E-state index in [4.69, 9.17) is 10.1 Å². The number of carboxylic acids is 1. The molecule has 1 aromatic heterocycles. The Bertz CT molecular complexity index is 1300. The molecule has 8 heteroatoms. The third-order valence-electron chi connectivity index (χ3n) is 5.28. The normalized spacial score (nSPS) is 11.8. The maximum Gasteiger partial charge on any atom is 0.416 e. The van der Waals surface area contributed by atoms with Crippen LogP contribution in [0.1, 0.15) is 28.7 Å². The second kappa shape index (κ2) is 9.57. The summed E-state index contributed by atoms with van der Waals surface area (Å²) in [4.78, 5) is 16.6. The molecule has 1 N–H and O–H groups in total. The molecule has 33 heavy (non-hydrogen) atoms. The summed E-state index contributed by atoms with van der Waals surface area (Å²) < 4.78 is 39.5. The minimum absolute atomic E-state index is 0.112. The van der Waals surface area contributed by atoms with Crippen LogP contribution >= 0.6 is 23.1 Å². The van der Waals surface area contributed by atoms with Crippen molar-refractivity contribution in [3.8, 4) is 10.6 Å². The van der Waals surface area contributed by atoms with E-state index in [0.29, 0.717) is 22.7 Å². The molecule has 3 aromatic carbocycles. The number of rotatable bonds is 7. The molecule has 170 valence electrons. The zero-order valence-electron chi connectivity index (χ0n) is 17.6. The highest BCUT2D eigenvalue weighted by molar-refractivity contribution is 7.98. The maximum absolute atomic E-state index is 12.8. The fourth-order valence-electron chi connectivity index (χ4n) is 3.49. The largest absolute Gasteiger partial charge is 0.481 e. The molecule has 0 saturated carbocycles. The summed E-state index contributed by atoms with van der Waals surface area (Å²) in [5.41, 5.74) is 4.01. The van der Waals surface area contributed by atoms with Gasteiger partial charge in [0.25, 0.3) is 0 Å². The monoisotopic (exact) mass is 487 g/mol. The average Bonchev–Trinajstić information content (AvgIpc) is 3.21. The number of alkyl halides is 3. The van der Waals surface area contributed by atoms with Crippen molar-refractivity contribution in [3.05, 3.63) is 82.9 Å². The van der Waals surface area contributed by atoms with Crippen LogP contribution in [0.4, 0.5) is 13.2 Å². The first kappa shape index (κ1) is 23.3. The Kier molecular flexibility index (Phi) is 6.76. The van der Waals surface area contributed by atoms with Gasteiger partial charge < -0.3 is 5.11 Å². The molecular formula is C25H20F3NO2S2. The third kappa shape index (κ3) is 5.57. The molecule has 3 nitrogen and oxygen atoms in total. The lowest BCUT2D eigenvalue weighted by atomic mass is 10.0. The van der Waals surface area contributed by atoms with Crippen LogP contribution in [0.15, 0.2) is 65.6 Å². The lowest BCUT2D eigenvalue weighted by Crippen LogP contribution is -2.03. The van der Waals surface area contributed by atoms with Crippen molar-refractivity contribution in [3.63, 3.8) is 0 Å². The first-order valence-corrected chi connectivity index (χ1v) is 12.0. The Balaban J connectivity index is 1.52. The molecule has 0 bridgehead atoms. The van der Waals surface area contributed by atoms with Crippen LogP contribution in [0, 0.1) is 6.92 Å².